The topological polar surface area (TPSA) is 602 Å². The zero-order valence-electron chi connectivity index (χ0n) is 51.9. The monoisotopic (exact) mass is 1370 g/mol. The van der Waals surface area contributed by atoms with Crippen LogP contribution in [0.1, 0.15) is 94.6 Å². The van der Waals surface area contributed by atoms with Crippen LogP contribution in [0, 0.1) is 80.9 Å². The molecular weight excluding hydrogens is 1310 g/mol. The van der Waals surface area contributed by atoms with Crippen molar-refractivity contribution in [3.63, 3.8) is 0 Å². The van der Waals surface area contributed by atoms with Crippen molar-refractivity contribution in [3.8, 4) is 46.0 Å². The third kappa shape index (κ3) is 26.9. The number of phenols is 8. The molecule has 98 heavy (non-hydrogen) atoms. The SMILES string of the molecule is CC(C)c1ccc([N+](=O)[O-])c(O)c1.CCc1ccc([N+](=O)[O-])c(O)c1.CCc1ccc([N+](=O)[O-])c(O)c1.CCc1ccc([N+](=O)[O-])c(O)c1.O=C(O)c1ccc([N+](=O)[O-])c(O)c1.O=Cc1ccc([N+](=O)[O-])c(O)c1.O=[N+]([O-])c1ccc(CO)cc1O.O=[N+]([O-])c1ccc(CO)cc1O. The largest absolute Gasteiger partial charge is 0.502 e. The Labute approximate surface area is 551 Å². The lowest BCUT2D eigenvalue weighted by molar-refractivity contribution is -0.386. The highest BCUT2D eigenvalue weighted by atomic mass is 16.7. The predicted octanol–water partition coefficient (Wildman–Crippen LogP) is 11.7. The molecule has 0 saturated carbocycles. The van der Waals surface area contributed by atoms with Crippen LogP contribution in [0.4, 0.5) is 45.5 Å². The molecule has 0 spiro atoms. The van der Waals surface area contributed by atoms with Gasteiger partial charge in [-0.3, -0.25) is 85.7 Å². The molecule has 37 heteroatoms. The van der Waals surface area contributed by atoms with Gasteiger partial charge in [-0.25, -0.2) is 4.79 Å². The number of carbonyl (C=O) groups is 2. The first-order chi connectivity index (χ1) is 45.9. The van der Waals surface area contributed by atoms with E-state index in [0.717, 1.165) is 96.1 Å². The van der Waals surface area contributed by atoms with Gasteiger partial charge >= 0.3 is 51.5 Å². The van der Waals surface area contributed by atoms with E-state index in [9.17, 15) is 95.6 Å². The maximum atomic E-state index is 10.4. The number of nitrogens with zero attached hydrogens (tertiary/aromatic N) is 8. The molecule has 8 aromatic rings. The Kier molecular flexibility index (Phi) is 34.0. The van der Waals surface area contributed by atoms with Crippen molar-refractivity contribution in [1.82, 2.24) is 0 Å². The molecule has 0 fully saturated rings. The standard InChI is InChI=1S/C9H11NO3.3C8H9NO3.C7H5NO5.2C7H7NO4.C7H5NO4/c1-6(2)7-3-4-8(10(12)13)9(11)5-7;3*1-2-6-3-4-7(9(11)12)8(10)5-6;9-6-3-4(7(10)11)1-2-5(6)8(12)13;3*9-4-5-1-2-6(8(11)12)7(10)3-5/h3-6,11H,1-2H3;3*3-5,10H,2H2,1H3;1-3,9H,(H,10,11);2*1-3,9-10H,4H2;1-4,10H. The average Bonchev–Trinajstić information content (AvgIpc) is 0.910. The number of benzene rings is 8. The number of aldehydes is 1. The number of carbonyl (C=O) groups excluding carboxylic acids is 1. The van der Waals surface area contributed by atoms with Gasteiger partial charge in [-0.1, -0.05) is 58.9 Å². The van der Waals surface area contributed by atoms with Gasteiger partial charge in [0.1, 0.15) is 6.29 Å². The van der Waals surface area contributed by atoms with E-state index in [0.29, 0.717) is 17.4 Å². The van der Waals surface area contributed by atoms with Crippen molar-refractivity contribution in [2.75, 3.05) is 0 Å². The molecule has 8 aromatic carbocycles. The van der Waals surface area contributed by atoms with Crippen LogP contribution in [-0.4, -0.2) is 108 Å². The van der Waals surface area contributed by atoms with Crippen LogP contribution in [0.25, 0.3) is 0 Å². The molecule has 0 aliphatic heterocycles. The Hall–Kier alpha value is -13.6. The molecule has 0 aliphatic carbocycles. The molecule has 0 bridgehead atoms. The van der Waals surface area contributed by atoms with Gasteiger partial charge in [0.25, 0.3) is 0 Å². The molecule has 37 nitrogen and oxygen atoms in total. The quantitative estimate of drug-likeness (QED) is 0.0243. The number of carboxylic acids is 1. The van der Waals surface area contributed by atoms with Crippen molar-refractivity contribution in [3.05, 3.63) is 271 Å². The summed E-state index contributed by atoms with van der Waals surface area (Å²) in [5.41, 5.74) is 1.86. The third-order valence-electron chi connectivity index (χ3n) is 12.4. The number of nitro benzene ring substituents is 8. The lowest BCUT2D eigenvalue weighted by atomic mass is 10.0. The fourth-order valence-electron chi connectivity index (χ4n) is 7.11. The van der Waals surface area contributed by atoms with E-state index in [1.165, 1.54) is 66.7 Å². The summed E-state index contributed by atoms with van der Waals surface area (Å²) in [5, 5.41) is 180. The zero-order valence-corrected chi connectivity index (χ0v) is 51.9. The van der Waals surface area contributed by atoms with Crippen LogP contribution in [-0.2, 0) is 32.5 Å². The summed E-state index contributed by atoms with van der Waals surface area (Å²) in [6.45, 7) is 9.18. The fraction of sp³-hybridized carbons (Fsp3) is 0.180. The maximum Gasteiger partial charge on any atom is 0.335 e. The number of carboxylic acid groups (broad SMARTS) is 1. The summed E-state index contributed by atoms with van der Waals surface area (Å²) >= 11 is 0. The maximum absolute atomic E-state index is 10.4. The molecule has 0 heterocycles. The first-order valence-electron chi connectivity index (χ1n) is 27.6. The number of aliphatic hydroxyl groups is 2. The number of hydrogen-bond donors (Lipinski definition) is 11. The molecule has 520 valence electrons. The van der Waals surface area contributed by atoms with E-state index < -0.39 is 79.7 Å². The second-order valence-electron chi connectivity index (χ2n) is 19.3. The molecule has 0 saturated heterocycles. The van der Waals surface area contributed by atoms with Crippen LogP contribution in [0.5, 0.6) is 46.0 Å². The Bertz CT molecular complexity index is 3800. The molecular formula is C61H62N8O29. The highest BCUT2D eigenvalue weighted by molar-refractivity contribution is 5.88. The number of hydrogen-bond acceptors (Lipinski definition) is 28. The molecule has 0 atom stereocenters. The number of nitro groups is 8. The summed E-state index contributed by atoms with van der Waals surface area (Å²) in [7, 11) is 0. The number of phenolic OH excluding ortho intramolecular Hbond substituents is 8. The molecule has 0 unspecified atom stereocenters. The van der Waals surface area contributed by atoms with Crippen LogP contribution in [0.2, 0.25) is 0 Å². The molecule has 0 radical (unpaired) electrons. The number of rotatable bonds is 16. The highest BCUT2D eigenvalue weighted by Crippen LogP contribution is 2.33. The predicted molar refractivity (Wildman–Crippen MR) is 345 cm³/mol. The molecule has 11 N–H and O–H groups in total. The van der Waals surface area contributed by atoms with Gasteiger partial charge in [0.2, 0.25) is 0 Å². The first kappa shape index (κ1) is 82.4. The summed E-state index contributed by atoms with van der Waals surface area (Å²) in [4.78, 5) is 97.2. The third-order valence-corrected chi connectivity index (χ3v) is 12.4. The van der Waals surface area contributed by atoms with Crippen LogP contribution < -0.4 is 0 Å². The van der Waals surface area contributed by atoms with Crippen molar-refractivity contribution in [2.24, 2.45) is 0 Å². The summed E-state index contributed by atoms with van der Waals surface area (Å²) in [6, 6.07) is 31.1. The minimum Gasteiger partial charge on any atom is -0.502 e. The fourth-order valence-corrected chi connectivity index (χ4v) is 7.11. The van der Waals surface area contributed by atoms with Gasteiger partial charge in [-0.2, -0.15) is 0 Å². The van der Waals surface area contributed by atoms with E-state index in [1.54, 1.807) is 24.3 Å². The minimum atomic E-state index is -1.25. The van der Waals surface area contributed by atoms with Gasteiger partial charge in [0, 0.05) is 60.2 Å². The van der Waals surface area contributed by atoms with Crippen LogP contribution in [0.15, 0.2) is 146 Å². The Balaban J connectivity index is 0.000000560. The lowest BCUT2D eigenvalue weighted by Gasteiger charge is -2.04. The Morgan fingerprint density at radius 2 is 0.571 bits per heavy atom. The second kappa shape index (κ2) is 40.4. The van der Waals surface area contributed by atoms with E-state index in [-0.39, 0.29) is 87.4 Å². The van der Waals surface area contributed by atoms with E-state index >= 15 is 0 Å². The summed E-state index contributed by atoms with van der Waals surface area (Å²) in [5.74, 6) is -4.04. The van der Waals surface area contributed by atoms with Gasteiger partial charge in [0.15, 0.2) is 46.0 Å². The minimum absolute atomic E-state index is 0.192. The molecule has 0 aliphatic rings. The normalized spacial score (nSPS) is 9.76. The van der Waals surface area contributed by atoms with Crippen LogP contribution in [0.3, 0.4) is 0 Å². The smallest absolute Gasteiger partial charge is 0.335 e. The molecule has 8 rings (SSSR count). The lowest BCUT2D eigenvalue weighted by Crippen LogP contribution is -1.96. The van der Waals surface area contributed by atoms with E-state index in [2.05, 4.69) is 0 Å². The van der Waals surface area contributed by atoms with Crippen molar-refractivity contribution in [1.29, 1.82) is 0 Å². The summed E-state index contributed by atoms with van der Waals surface area (Å²) < 4.78 is 0. The number of aliphatic hydroxyl groups excluding tert-OH is 2. The van der Waals surface area contributed by atoms with Gasteiger partial charge in [-0.15, -0.1) is 0 Å². The average molecular weight is 1370 g/mol. The summed E-state index contributed by atoms with van der Waals surface area (Å²) in [6.07, 6.45) is 2.77. The van der Waals surface area contributed by atoms with Crippen molar-refractivity contribution < 1.29 is 105 Å². The van der Waals surface area contributed by atoms with Gasteiger partial charge in [-0.05, 0) is 125 Å². The number of aryl methyl sites for hydroxylation is 3. The van der Waals surface area contributed by atoms with Crippen molar-refractivity contribution >= 4 is 57.8 Å². The van der Waals surface area contributed by atoms with Gasteiger partial charge < -0.3 is 56.2 Å². The van der Waals surface area contributed by atoms with E-state index in [4.69, 9.17) is 51.1 Å². The Morgan fingerprint density at radius 1 is 0.347 bits per heavy atom. The number of aromatic hydroxyl groups is 8. The zero-order chi connectivity index (χ0) is 74.8. The second-order valence-corrected chi connectivity index (χ2v) is 19.3. The number of aromatic carboxylic acids is 1. The first-order valence-corrected chi connectivity index (χ1v) is 27.6. The Morgan fingerprint density at radius 3 is 0.776 bits per heavy atom. The molecule has 0 aromatic heterocycles. The molecule has 0 amide bonds. The highest BCUT2D eigenvalue weighted by Gasteiger charge is 2.19. The van der Waals surface area contributed by atoms with E-state index in [1.807, 2.05) is 34.6 Å². The van der Waals surface area contributed by atoms with Crippen molar-refractivity contribution in [2.45, 2.75) is 73.0 Å². The van der Waals surface area contributed by atoms with Crippen LogP contribution >= 0.6 is 0 Å². The van der Waals surface area contributed by atoms with Gasteiger partial charge in [0.05, 0.1) is 58.2 Å².